The van der Waals surface area contributed by atoms with Gasteiger partial charge in [-0.25, -0.2) is 12.8 Å². The van der Waals surface area contributed by atoms with Crippen molar-refractivity contribution in [2.45, 2.75) is 4.90 Å². The molecule has 0 fully saturated rings. The van der Waals surface area contributed by atoms with Crippen LogP contribution in [0.25, 0.3) is 5.14 Å². The van der Waals surface area contributed by atoms with Crippen molar-refractivity contribution >= 4 is 10.0 Å². The third-order valence-corrected chi connectivity index (χ3v) is 1.98. The molecule has 0 spiro atoms. The first-order valence-corrected chi connectivity index (χ1v) is 4.24. The summed E-state index contributed by atoms with van der Waals surface area (Å²) in [5, 5.41) is 6.58. The molecule has 0 aliphatic rings. The molecule has 12 heavy (non-hydrogen) atoms. The van der Waals surface area contributed by atoms with Crippen LogP contribution in [0.4, 0.5) is 4.39 Å². The van der Waals surface area contributed by atoms with Gasteiger partial charge in [-0.2, -0.15) is 0 Å². The molecule has 0 radical (unpaired) electrons. The van der Waals surface area contributed by atoms with Gasteiger partial charge in [0.25, 0.3) is 0 Å². The molecule has 0 saturated heterocycles. The average molecular weight is 197 g/mol. The van der Waals surface area contributed by atoms with E-state index >= 15 is 0 Å². The van der Waals surface area contributed by atoms with E-state index in [1.807, 2.05) is 0 Å². The zero-order chi connectivity index (χ0) is 8.48. The Balaban J connectivity index is 0.00000121. The molecule has 0 bridgehead atoms. The van der Waals surface area contributed by atoms with Gasteiger partial charge in [0.1, 0.15) is 5.82 Å². The van der Waals surface area contributed by atoms with Gasteiger partial charge in [-0.1, -0.05) is 6.07 Å². The van der Waals surface area contributed by atoms with Gasteiger partial charge in [-0.05, 0) is 18.2 Å². The van der Waals surface area contributed by atoms with Crippen molar-refractivity contribution < 1.29 is 42.4 Å². The van der Waals surface area contributed by atoms with Gasteiger partial charge in [0, 0.05) is 0 Å². The Morgan fingerprint density at radius 1 is 1.33 bits per heavy atom. The first-order valence-electron chi connectivity index (χ1n) is 2.75. The minimum absolute atomic E-state index is 0. The molecule has 0 aromatic heterocycles. The quantitative estimate of drug-likeness (QED) is 0.518. The van der Waals surface area contributed by atoms with Crippen LogP contribution in [-0.2, 0) is 10.0 Å². The van der Waals surface area contributed by atoms with Crippen molar-refractivity contribution in [1.29, 1.82) is 0 Å². The van der Waals surface area contributed by atoms with Gasteiger partial charge < -0.3 is 5.14 Å². The number of hydrogen-bond acceptors (Lipinski definition) is 2. The van der Waals surface area contributed by atoms with Crippen molar-refractivity contribution in [1.82, 2.24) is 0 Å². The van der Waals surface area contributed by atoms with Gasteiger partial charge in [-0.3, -0.25) is 0 Å². The molecule has 0 atom stereocenters. The normalized spacial score (nSPS) is 10.5. The summed E-state index contributed by atoms with van der Waals surface area (Å²) in [6, 6.07) is 4.35. The SMILES string of the molecule is [NH-]S(=O)(=O)c1cccc(F)c1.[Na+]. The van der Waals surface area contributed by atoms with Crippen LogP contribution in [0.3, 0.4) is 0 Å². The van der Waals surface area contributed by atoms with Crippen LogP contribution in [0.2, 0.25) is 0 Å². The predicted molar refractivity (Wildman–Crippen MR) is 37.9 cm³/mol. The summed E-state index contributed by atoms with van der Waals surface area (Å²) in [6.07, 6.45) is 0. The zero-order valence-corrected chi connectivity index (χ0v) is 9.23. The molecule has 60 valence electrons. The number of benzene rings is 1. The topological polar surface area (TPSA) is 57.9 Å². The number of sulfonamides is 1. The molecule has 0 unspecified atom stereocenters. The molecular weight excluding hydrogens is 192 g/mol. The van der Waals surface area contributed by atoms with Crippen LogP contribution >= 0.6 is 0 Å². The Labute approximate surface area is 92.1 Å². The van der Waals surface area contributed by atoms with E-state index in [-0.39, 0.29) is 34.5 Å². The maximum absolute atomic E-state index is 12.3. The Morgan fingerprint density at radius 3 is 2.25 bits per heavy atom. The van der Waals surface area contributed by atoms with Crippen LogP contribution in [0.15, 0.2) is 29.2 Å². The first-order chi connectivity index (χ1) is 5.00. The van der Waals surface area contributed by atoms with Gasteiger partial charge in [0.05, 0.1) is 14.9 Å². The molecule has 1 N–H and O–H groups in total. The second-order valence-corrected chi connectivity index (χ2v) is 3.44. The fourth-order valence-corrected chi connectivity index (χ4v) is 1.16. The van der Waals surface area contributed by atoms with E-state index in [0.717, 1.165) is 12.1 Å². The third-order valence-electron chi connectivity index (χ3n) is 1.11. The van der Waals surface area contributed by atoms with E-state index in [9.17, 15) is 12.8 Å². The number of rotatable bonds is 1. The van der Waals surface area contributed by atoms with E-state index in [1.54, 1.807) is 0 Å². The van der Waals surface area contributed by atoms with Crippen molar-refractivity contribution in [2.75, 3.05) is 0 Å². The summed E-state index contributed by atoms with van der Waals surface area (Å²) >= 11 is 0. The summed E-state index contributed by atoms with van der Waals surface area (Å²) in [6.45, 7) is 0. The number of halogens is 1. The second kappa shape index (κ2) is 4.34. The maximum Gasteiger partial charge on any atom is 1.00 e. The molecule has 0 saturated carbocycles. The summed E-state index contributed by atoms with van der Waals surface area (Å²) in [4.78, 5) is -0.322. The molecule has 3 nitrogen and oxygen atoms in total. The van der Waals surface area contributed by atoms with Crippen LogP contribution in [0.1, 0.15) is 0 Å². The summed E-state index contributed by atoms with van der Waals surface area (Å²) < 4.78 is 33.3. The van der Waals surface area contributed by atoms with Gasteiger partial charge in [0.2, 0.25) is 0 Å². The summed E-state index contributed by atoms with van der Waals surface area (Å²) in [7, 11) is -4.02. The molecule has 0 heterocycles. The van der Waals surface area contributed by atoms with Crippen LogP contribution in [0, 0.1) is 5.82 Å². The smallest absolute Gasteiger partial charge is 0.560 e. The monoisotopic (exact) mass is 197 g/mol. The van der Waals surface area contributed by atoms with E-state index in [1.165, 1.54) is 12.1 Å². The van der Waals surface area contributed by atoms with Crippen molar-refractivity contribution in [3.63, 3.8) is 0 Å². The Hall–Kier alpha value is 0.0600. The van der Waals surface area contributed by atoms with Crippen LogP contribution in [0.5, 0.6) is 0 Å². The van der Waals surface area contributed by atoms with Gasteiger partial charge in [0.15, 0.2) is 0 Å². The first kappa shape index (κ1) is 12.1. The largest absolute Gasteiger partial charge is 1.00 e. The Morgan fingerprint density at radius 2 is 1.92 bits per heavy atom. The fourth-order valence-electron chi connectivity index (χ4n) is 0.634. The minimum atomic E-state index is -4.02. The van der Waals surface area contributed by atoms with Gasteiger partial charge in [-0.15, -0.1) is 0 Å². The zero-order valence-electron chi connectivity index (χ0n) is 6.41. The summed E-state index contributed by atoms with van der Waals surface area (Å²) in [5.41, 5.74) is 0. The van der Waals surface area contributed by atoms with E-state index in [4.69, 9.17) is 5.14 Å². The Kier molecular flexibility index (Phi) is 4.36. The number of hydrogen-bond donors (Lipinski definition) is 0. The molecule has 6 heteroatoms. The molecule has 0 aliphatic carbocycles. The number of nitrogens with one attached hydrogen (secondary N) is 1. The molecule has 1 rings (SSSR count). The molecule has 1 aromatic rings. The average Bonchev–Trinajstić information content (AvgIpc) is 1.86. The van der Waals surface area contributed by atoms with Crippen LogP contribution in [-0.4, -0.2) is 8.42 Å². The van der Waals surface area contributed by atoms with Crippen molar-refractivity contribution in [2.24, 2.45) is 0 Å². The third kappa shape index (κ3) is 3.20. The second-order valence-electron chi connectivity index (χ2n) is 1.96. The van der Waals surface area contributed by atoms with Crippen molar-refractivity contribution in [3.05, 3.63) is 35.2 Å². The van der Waals surface area contributed by atoms with E-state index in [2.05, 4.69) is 0 Å². The van der Waals surface area contributed by atoms with Gasteiger partial charge >= 0.3 is 29.6 Å². The van der Waals surface area contributed by atoms with Crippen molar-refractivity contribution in [3.8, 4) is 0 Å². The predicted octanol–water partition coefficient (Wildman–Crippen LogP) is -1.43. The summed E-state index contributed by atoms with van der Waals surface area (Å²) in [5.74, 6) is -0.654. The Bertz CT molecular complexity index is 366. The minimum Gasteiger partial charge on any atom is -0.560 e. The molecule has 0 amide bonds. The molecule has 0 aliphatic heterocycles. The molecular formula is C6H5FNNaO2S. The fraction of sp³-hybridized carbons (Fsp3) is 0. The van der Waals surface area contributed by atoms with E-state index < -0.39 is 15.8 Å². The standard InChI is InChI=1S/C6H5FNO2S.Na/c7-5-2-1-3-6(4-5)11(8,9)10;/h1-4H,(H-,8,9,10);/q-1;+1. The van der Waals surface area contributed by atoms with Crippen LogP contribution < -0.4 is 29.6 Å². The van der Waals surface area contributed by atoms with E-state index in [0.29, 0.717) is 0 Å². The molecule has 1 aromatic carbocycles. The maximum atomic E-state index is 12.3.